The topological polar surface area (TPSA) is 146 Å². The first-order valence-corrected chi connectivity index (χ1v) is 25.8. The molecule has 0 saturated heterocycles. The Labute approximate surface area is 369 Å². The van der Waals surface area contributed by atoms with Gasteiger partial charge in [0.2, 0.25) is 0 Å². The largest absolute Gasteiger partial charge is 0.491 e. The van der Waals surface area contributed by atoms with E-state index in [2.05, 4.69) is 13.8 Å². The van der Waals surface area contributed by atoms with Crippen LogP contribution < -0.4 is 9.47 Å². The van der Waals surface area contributed by atoms with Gasteiger partial charge in [0.15, 0.2) is 19.7 Å². The van der Waals surface area contributed by atoms with E-state index in [1.165, 1.54) is 0 Å². The van der Waals surface area contributed by atoms with Crippen LogP contribution in [-0.4, -0.2) is 90.4 Å². The van der Waals surface area contributed by atoms with Crippen LogP contribution in [0, 0.1) is 10.8 Å². The molecule has 0 spiro atoms. The summed E-state index contributed by atoms with van der Waals surface area (Å²) in [5.74, 6) is -0.272. The molecule has 2 N–H and O–H groups in total. The molecule has 62 heavy (non-hydrogen) atoms. The molecule has 2 unspecified atom stereocenters. The van der Waals surface area contributed by atoms with E-state index in [9.17, 15) is 27.0 Å². The van der Waals surface area contributed by atoms with Gasteiger partial charge in [-0.15, -0.1) is 0 Å². The summed E-state index contributed by atoms with van der Waals surface area (Å²) in [5.41, 5.74) is 1.27. The molecule has 0 bridgehead atoms. The van der Waals surface area contributed by atoms with Crippen molar-refractivity contribution in [2.45, 2.75) is 113 Å². The molecular weight excluding hydrogens is 825 g/mol. The van der Waals surface area contributed by atoms with Crippen molar-refractivity contribution in [2.75, 3.05) is 51.1 Å². The molecule has 12 heteroatoms. The van der Waals surface area contributed by atoms with Crippen molar-refractivity contribution in [1.29, 1.82) is 0 Å². The zero-order valence-corrected chi connectivity index (χ0v) is 38.5. The summed E-state index contributed by atoms with van der Waals surface area (Å²) in [5, 5.41) is 24.2. The van der Waals surface area contributed by atoms with E-state index in [1.807, 2.05) is 74.5 Å². The lowest BCUT2D eigenvalue weighted by atomic mass is 9.69. The second-order valence-corrected chi connectivity index (χ2v) is 21.1. The van der Waals surface area contributed by atoms with E-state index < -0.39 is 54.5 Å². The van der Waals surface area contributed by atoms with Gasteiger partial charge in [0.05, 0.1) is 59.9 Å². The minimum atomic E-state index is -3.70. The van der Waals surface area contributed by atoms with E-state index in [4.69, 9.17) is 18.9 Å². The summed E-state index contributed by atoms with van der Waals surface area (Å²) in [4.78, 5) is 0.487. The van der Waals surface area contributed by atoms with Gasteiger partial charge >= 0.3 is 0 Å². The highest BCUT2D eigenvalue weighted by molar-refractivity contribution is 7.91. The fourth-order valence-corrected chi connectivity index (χ4v) is 14.2. The van der Waals surface area contributed by atoms with Crippen molar-refractivity contribution < 1.29 is 46.0 Å². The van der Waals surface area contributed by atoms with Crippen LogP contribution >= 0.6 is 0 Å². The molecular formula is C50H66O10S2. The Morgan fingerprint density at radius 1 is 0.532 bits per heavy atom. The van der Waals surface area contributed by atoms with Gasteiger partial charge < -0.3 is 29.2 Å². The Bertz CT molecular complexity index is 2110. The predicted octanol–water partition coefficient (Wildman–Crippen LogP) is 8.91. The number of ether oxygens (including phenoxy) is 4. The Hall–Kier alpha value is -3.78. The number of rotatable bonds is 21. The molecule has 6 atom stereocenters. The maximum absolute atomic E-state index is 14.0. The van der Waals surface area contributed by atoms with Gasteiger partial charge in [0.25, 0.3) is 0 Å². The maximum atomic E-state index is 14.0. The standard InChI is InChI=1S/C50H66O10S2/c1-5-9-25-49(7-3)35-61(53,54)43-23-21-39(33-41(43)45(47(49)51)37-17-13-11-14-18-37)59-31-29-57-27-28-58-30-32-60-40-22-24-44-42(34-40)46(38-19-15-12-16-20-38)48(52)50(8-4,26-10-6-2)36-62(44,55)56/h11-24,33-34,45-48,51-52H,5-10,25-32,35-36H2,1-4H3/t45-,46+,47?,48?,49+,50-. The molecule has 2 aliphatic rings. The first-order chi connectivity index (χ1) is 29.8. The zero-order valence-electron chi connectivity index (χ0n) is 36.8. The lowest BCUT2D eigenvalue weighted by Gasteiger charge is -2.39. The normalized spacial score (nSPS) is 25.2. The van der Waals surface area contributed by atoms with Crippen LogP contribution in [0.15, 0.2) is 107 Å². The molecule has 2 heterocycles. The average molecular weight is 891 g/mol. The molecule has 4 aromatic rings. The Morgan fingerprint density at radius 3 is 1.26 bits per heavy atom. The number of benzene rings is 4. The summed E-state index contributed by atoms with van der Waals surface area (Å²) in [6, 6.07) is 29.4. The second-order valence-electron chi connectivity index (χ2n) is 17.1. The number of aliphatic hydroxyl groups excluding tert-OH is 2. The minimum Gasteiger partial charge on any atom is -0.491 e. The Balaban J connectivity index is 1.03. The first kappa shape index (κ1) is 47.7. The summed E-state index contributed by atoms with van der Waals surface area (Å²) in [7, 11) is -7.41. The van der Waals surface area contributed by atoms with Gasteiger partial charge in [-0.1, -0.05) is 114 Å². The SMILES string of the molecule is CCCC[C@@]1(CC)CS(=O)(=O)c2ccc(OCCOCCOCCOc3ccc4c(c3)[C@H](c3ccccc3)C(O)[C@](CC)(CCCC)CS4(=O)=O)cc2[C@@H](c2ccccc2)C1O. The smallest absolute Gasteiger partial charge is 0.179 e. The molecule has 0 amide bonds. The third-order valence-electron chi connectivity index (χ3n) is 13.3. The number of hydrogen-bond donors (Lipinski definition) is 2. The van der Waals surface area contributed by atoms with Crippen molar-refractivity contribution in [3.8, 4) is 11.5 Å². The van der Waals surface area contributed by atoms with E-state index in [1.54, 1.807) is 36.4 Å². The molecule has 0 fully saturated rings. The first-order valence-electron chi connectivity index (χ1n) is 22.5. The van der Waals surface area contributed by atoms with Crippen molar-refractivity contribution in [2.24, 2.45) is 10.8 Å². The summed E-state index contributed by atoms with van der Waals surface area (Å²) < 4.78 is 79.5. The maximum Gasteiger partial charge on any atom is 0.179 e. The number of sulfone groups is 2. The van der Waals surface area contributed by atoms with Crippen molar-refractivity contribution in [1.82, 2.24) is 0 Å². The van der Waals surface area contributed by atoms with E-state index in [0.29, 0.717) is 61.5 Å². The molecule has 0 aliphatic carbocycles. The number of fused-ring (bicyclic) bond motifs is 2. The molecule has 6 rings (SSSR count). The molecule has 0 radical (unpaired) electrons. The third kappa shape index (κ3) is 10.6. The van der Waals surface area contributed by atoms with Gasteiger partial charge in [-0.3, -0.25) is 0 Å². The van der Waals surface area contributed by atoms with Gasteiger partial charge in [-0.05, 0) is 84.3 Å². The van der Waals surface area contributed by atoms with Crippen LogP contribution in [0.3, 0.4) is 0 Å². The third-order valence-corrected chi connectivity index (χ3v) is 17.3. The van der Waals surface area contributed by atoms with Crippen molar-refractivity contribution in [3.05, 3.63) is 119 Å². The lowest BCUT2D eigenvalue weighted by Crippen LogP contribution is -2.42. The molecule has 0 saturated carbocycles. The van der Waals surface area contributed by atoms with E-state index >= 15 is 0 Å². The molecule has 10 nitrogen and oxygen atoms in total. The highest BCUT2D eigenvalue weighted by atomic mass is 32.2. The average Bonchev–Trinajstić information content (AvgIpc) is 3.39. The molecule has 2 aliphatic heterocycles. The summed E-state index contributed by atoms with van der Waals surface area (Å²) >= 11 is 0. The number of unbranched alkanes of at least 4 members (excludes halogenated alkanes) is 2. The van der Waals surface area contributed by atoms with Gasteiger partial charge in [-0.25, -0.2) is 16.8 Å². The van der Waals surface area contributed by atoms with Crippen molar-refractivity contribution in [3.63, 3.8) is 0 Å². The number of hydrogen-bond acceptors (Lipinski definition) is 10. The monoisotopic (exact) mass is 890 g/mol. The predicted molar refractivity (Wildman–Crippen MR) is 243 cm³/mol. The molecule has 338 valence electrons. The Morgan fingerprint density at radius 2 is 0.903 bits per heavy atom. The summed E-state index contributed by atoms with van der Waals surface area (Å²) in [6.07, 6.45) is 4.02. The van der Waals surface area contributed by atoms with Gasteiger partial charge in [-0.2, -0.15) is 0 Å². The number of aliphatic hydroxyl groups is 2. The Kier molecular flexibility index (Phi) is 16.4. The highest BCUT2D eigenvalue weighted by Crippen LogP contribution is 2.51. The fraction of sp³-hybridized carbons (Fsp3) is 0.520. The second kappa shape index (κ2) is 21.3. The van der Waals surface area contributed by atoms with Crippen molar-refractivity contribution >= 4 is 19.7 Å². The lowest BCUT2D eigenvalue weighted by molar-refractivity contribution is 0.0171. The zero-order chi connectivity index (χ0) is 44.4. The van der Waals surface area contributed by atoms with Crippen LogP contribution in [0.5, 0.6) is 11.5 Å². The van der Waals surface area contributed by atoms with Crippen LogP contribution in [0.1, 0.15) is 113 Å². The quantitative estimate of drug-likeness (QED) is 0.0778. The van der Waals surface area contributed by atoms with Crippen LogP contribution in [-0.2, 0) is 29.1 Å². The van der Waals surface area contributed by atoms with Crippen LogP contribution in [0.4, 0.5) is 0 Å². The fourth-order valence-electron chi connectivity index (χ4n) is 9.69. The summed E-state index contributed by atoms with van der Waals surface area (Å²) in [6.45, 7) is 9.76. The van der Waals surface area contributed by atoms with Gasteiger partial charge in [0, 0.05) is 22.7 Å². The highest BCUT2D eigenvalue weighted by Gasteiger charge is 2.50. The van der Waals surface area contributed by atoms with E-state index in [-0.39, 0.29) is 47.7 Å². The molecule has 0 aromatic heterocycles. The minimum absolute atomic E-state index is 0.101. The van der Waals surface area contributed by atoms with Crippen LogP contribution in [0.25, 0.3) is 0 Å². The van der Waals surface area contributed by atoms with Gasteiger partial charge in [0.1, 0.15) is 24.7 Å². The molecule has 4 aromatic carbocycles. The van der Waals surface area contributed by atoms with E-state index in [0.717, 1.165) is 36.8 Å². The van der Waals surface area contributed by atoms with Crippen LogP contribution in [0.2, 0.25) is 0 Å².